The molecule has 108 valence electrons. The van der Waals surface area contributed by atoms with Gasteiger partial charge in [-0.2, -0.15) is 0 Å². The SMILES string of the molecule is Cc1nc(Cl)cc2nnc(-c3cc4c(s3)CCCCC4)n12. The lowest BCUT2D eigenvalue weighted by molar-refractivity contribution is 0.712. The zero-order valence-corrected chi connectivity index (χ0v) is 13.3. The minimum Gasteiger partial charge on any atom is -0.262 e. The molecule has 0 N–H and O–H groups in total. The van der Waals surface area contributed by atoms with Gasteiger partial charge in [-0.15, -0.1) is 21.5 Å². The third kappa shape index (κ3) is 2.24. The Bertz CT molecular complexity index is 797. The number of rotatable bonds is 1. The van der Waals surface area contributed by atoms with Gasteiger partial charge in [-0.25, -0.2) is 4.98 Å². The van der Waals surface area contributed by atoms with Crippen LogP contribution in [0.1, 0.15) is 35.5 Å². The first-order valence-corrected chi connectivity index (χ1v) is 8.42. The summed E-state index contributed by atoms with van der Waals surface area (Å²) in [6.07, 6.45) is 6.31. The Morgan fingerprint density at radius 1 is 1.14 bits per heavy atom. The van der Waals surface area contributed by atoms with Crippen LogP contribution in [0, 0.1) is 6.92 Å². The summed E-state index contributed by atoms with van der Waals surface area (Å²) in [5.41, 5.74) is 2.25. The second-order valence-corrected chi connectivity index (χ2v) is 6.99. The third-order valence-corrected chi connectivity index (χ3v) is 5.42. The van der Waals surface area contributed by atoms with Crippen LogP contribution in [0.4, 0.5) is 0 Å². The second kappa shape index (κ2) is 5.07. The molecule has 0 radical (unpaired) electrons. The van der Waals surface area contributed by atoms with E-state index in [0.29, 0.717) is 5.15 Å². The predicted octanol–water partition coefficient (Wildman–Crippen LogP) is 4.08. The van der Waals surface area contributed by atoms with E-state index in [0.717, 1.165) is 17.3 Å². The van der Waals surface area contributed by atoms with E-state index < -0.39 is 0 Å². The molecule has 0 unspecified atom stereocenters. The molecule has 0 saturated heterocycles. The highest BCUT2D eigenvalue weighted by atomic mass is 35.5. The molecular weight excluding hydrogens is 304 g/mol. The van der Waals surface area contributed by atoms with Crippen molar-refractivity contribution in [2.24, 2.45) is 0 Å². The molecule has 0 saturated carbocycles. The van der Waals surface area contributed by atoms with E-state index in [-0.39, 0.29) is 0 Å². The first kappa shape index (κ1) is 13.2. The Morgan fingerprint density at radius 3 is 2.90 bits per heavy atom. The number of fused-ring (bicyclic) bond motifs is 2. The van der Waals surface area contributed by atoms with Crippen LogP contribution in [0.5, 0.6) is 0 Å². The van der Waals surface area contributed by atoms with E-state index in [1.54, 1.807) is 6.07 Å². The summed E-state index contributed by atoms with van der Waals surface area (Å²) >= 11 is 7.84. The van der Waals surface area contributed by atoms with Crippen molar-refractivity contribution in [1.29, 1.82) is 0 Å². The van der Waals surface area contributed by atoms with E-state index >= 15 is 0 Å². The first-order chi connectivity index (χ1) is 10.2. The highest BCUT2D eigenvalue weighted by Gasteiger charge is 2.18. The van der Waals surface area contributed by atoms with Crippen molar-refractivity contribution in [3.8, 4) is 10.7 Å². The number of thiophene rings is 1. The minimum atomic E-state index is 0.459. The summed E-state index contributed by atoms with van der Waals surface area (Å²) in [6.45, 7) is 1.93. The fraction of sp³-hybridized carbons (Fsp3) is 0.400. The number of aromatic nitrogens is 4. The number of halogens is 1. The van der Waals surface area contributed by atoms with Crippen LogP contribution in [0.3, 0.4) is 0 Å². The zero-order valence-electron chi connectivity index (χ0n) is 11.8. The molecule has 1 aliphatic rings. The van der Waals surface area contributed by atoms with Gasteiger partial charge in [0, 0.05) is 10.9 Å². The fourth-order valence-corrected chi connectivity index (χ4v) is 4.44. The number of hydrogen-bond donors (Lipinski definition) is 0. The van der Waals surface area contributed by atoms with Crippen LogP contribution < -0.4 is 0 Å². The summed E-state index contributed by atoms with van der Waals surface area (Å²) in [6, 6.07) is 4.04. The molecule has 0 aliphatic heterocycles. The van der Waals surface area contributed by atoms with Crippen LogP contribution in [-0.4, -0.2) is 19.6 Å². The molecule has 3 aromatic rings. The molecule has 0 bridgehead atoms. The Balaban J connectivity index is 1.87. The Hall–Kier alpha value is -1.46. The molecule has 21 heavy (non-hydrogen) atoms. The molecule has 3 aromatic heterocycles. The van der Waals surface area contributed by atoms with Crippen molar-refractivity contribution >= 4 is 28.6 Å². The maximum atomic E-state index is 5.99. The van der Waals surface area contributed by atoms with Gasteiger partial charge >= 0.3 is 0 Å². The quantitative estimate of drug-likeness (QED) is 0.501. The first-order valence-electron chi connectivity index (χ1n) is 7.22. The molecule has 1 aliphatic carbocycles. The van der Waals surface area contributed by atoms with Gasteiger partial charge in [-0.05, 0) is 44.2 Å². The fourth-order valence-electron chi connectivity index (χ4n) is 2.99. The molecular formula is C15H15ClN4S. The Kier molecular flexibility index (Phi) is 3.19. The normalized spacial score (nSPS) is 15.1. The number of aryl methyl sites for hydroxylation is 3. The highest BCUT2D eigenvalue weighted by Crippen LogP contribution is 2.34. The van der Waals surface area contributed by atoms with Gasteiger partial charge in [0.05, 0.1) is 4.88 Å². The average Bonchev–Trinajstić information content (AvgIpc) is 2.97. The van der Waals surface area contributed by atoms with Crippen molar-refractivity contribution < 1.29 is 0 Å². The van der Waals surface area contributed by atoms with Crippen LogP contribution in [0.25, 0.3) is 16.3 Å². The summed E-state index contributed by atoms with van der Waals surface area (Å²) in [5.74, 6) is 1.70. The smallest absolute Gasteiger partial charge is 0.179 e. The highest BCUT2D eigenvalue weighted by molar-refractivity contribution is 7.15. The molecule has 0 amide bonds. The van der Waals surface area contributed by atoms with Crippen molar-refractivity contribution in [3.05, 3.63) is 33.6 Å². The minimum absolute atomic E-state index is 0.459. The molecule has 3 heterocycles. The monoisotopic (exact) mass is 318 g/mol. The second-order valence-electron chi connectivity index (χ2n) is 5.46. The lowest BCUT2D eigenvalue weighted by atomic mass is 10.1. The third-order valence-electron chi connectivity index (χ3n) is 4.00. The van der Waals surface area contributed by atoms with Crippen LogP contribution in [0.15, 0.2) is 12.1 Å². The molecule has 6 heteroatoms. The van der Waals surface area contributed by atoms with E-state index in [1.165, 1.54) is 47.4 Å². The van der Waals surface area contributed by atoms with Gasteiger partial charge < -0.3 is 0 Å². The van der Waals surface area contributed by atoms with Crippen molar-refractivity contribution in [2.45, 2.75) is 39.0 Å². The largest absolute Gasteiger partial charge is 0.262 e. The van der Waals surface area contributed by atoms with E-state index in [2.05, 4.69) is 21.2 Å². The van der Waals surface area contributed by atoms with Crippen molar-refractivity contribution in [2.75, 3.05) is 0 Å². The summed E-state index contributed by atoms with van der Waals surface area (Å²) in [4.78, 5) is 7.00. The van der Waals surface area contributed by atoms with Crippen LogP contribution in [-0.2, 0) is 12.8 Å². The Labute approximate surface area is 131 Å². The molecule has 0 atom stereocenters. The summed E-state index contributed by atoms with van der Waals surface area (Å²) < 4.78 is 1.98. The maximum Gasteiger partial charge on any atom is 0.179 e. The van der Waals surface area contributed by atoms with E-state index in [1.807, 2.05) is 22.7 Å². The zero-order chi connectivity index (χ0) is 14.4. The molecule has 4 rings (SSSR count). The van der Waals surface area contributed by atoms with Gasteiger partial charge in [0.2, 0.25) is 0 Å². The predicted molar refractivity (Wildman–Crippen MR) is 85.1 cm³/mol. The molecule has 0 aromatic carbocycles. The van der Waals surface area contributed by atoms with Gasteiger partial charge in [0.25, 0.3) is 0 Å². The molecule has 0 spiro atoms. The van der Waals surface area contributed by atoms with Crippen LogP contribution in [0.2, 0.25) is 5.15 Å². The molecule has 0 fully saturated rings. The van der Waals surface area contributed by atoms with Gasteiger partial charge in [0.15, 0.2) is 11.5 Å². The standard InChI is InChI=1S/C15H15ClN4S/c1-9-17-13(16)8-14-18-19-15(20(9)14)12-7-10-5-3-2-4-6-11(10)21-12/h7-8H,2-6H2,1H3. The van der Waals surface area contributed by atoms with Crippen LogP contribution >= 0.6 is 22.9 Å². The van der Waals surface area contributed by atoms with Gasteiger partial charge in [0.1, 0.15) is 11.0 Å². The van der Waals surface area contributed by atoms with E-state index in [9.17, 15) is 0 Å². The van der Waals surface area contributed by atoms with Crippen molar-refractivity contribution in [1.82, 2.24) is 19.6 Å². The van der Waals surface area contributed by atoms with Gasteiger partial charge in [-0.1, -0.05) is 18.0 Å². The lowest BCUT2D eigenvalue weighted by Crippen LogP contribution is -1.97. The summed E-state index contributed by atoms with van der Waals surface area (Å²) in [5, 5.41) is 9.05. The number of hydrogen-bond acceptors (Lipinski definition) is 4. The Morgan fingerprint density at radius 2 is 2.00 bits per heavy atom. The average molecular weight is 319 g/mol. The molecule has 4 nitrogen and oxygen atoms in total. The maximum absolute atomic E-state index is 5.99. The number of nitrogens with zero attached hydrogens (tertiary/aromatic N) is 4. The topological polar surface area (TPSA) is 43.1 Å². The van der Waals surface area contributed by atoms with E-state index in [4.69, 9.17) is 11.6 Å². The lowest BCUT2D eigenvalue weighted by Gasteiger charge is -2.01. The van der Waals surface area contributed by atoms with Crippen molar-refractivity contribution in [3.63, 3.8) is 0 Å². The summed E-state index contributed by atoms with van der Waals surface area (Å²) in [7, 11) is 0. The van der Waals surface area contributed by atoms with Gasteiger partial charge in [-0.3, -0.25) is 4.40 Å².